The molecule has 0 amide bonds. The Morgan fingerprint density at radius 2 is 1.70 bits per heavy atom. The van der Waals surface area contributed by atoms with Crippen LogP contribution in [0, 0.1) is 36.8 Å². The third kappa shape index (κ3) is 2.66. The van der Waals surface area contributed by atoms with Gasteiger partial charge < -0.3 is 5.32 Å². The van der Waals surface area contributed by atoms with Gasteiger partial charge in [-0.2, -0.15) is 5.26 Å². The summed E-state index contributed by atoms with van der Waals surface area (Å²) in [5.41, 5.74) is 2.33. The van der Waals surface area contributed by atoms with Gasteiger partial charge in [-0.15, -0.1) is 0 Å². The van der Waals surface area contributed by atoms with E-state index in [1.807, 2.05) is 26.0 Å². The van der Waals surface area contributed by atoms with Crippen LogP contribution in [0.15, 0.2) is 28.7 Å². The fourth-order valence-electron chi connectivity index (χ4n) is 1.91. The number of halogens is 3. The molecule has 2 aromatic carbocycles. The minimum atomic E-state index is -1.14. The van der Waals surface area contributed by atoms with Crippen LogP contribution in [0.2, 0.25) is 0 Å². The fraction of sp³-hybridized carbons (Fsp3) is 0.133. The predicted molar refractivity (Wildman–Crippen MR) is 78.0 cm³/mol. The van der Waals surface area contributed by atoms with Crippen molar-refractivity contribution in [1.82, 2.24) is 0 Å². The van der Waals surface area contributed by atoms with Crippen molar-refractivity contribution in [2.75, 3.05) is 5.32 Å². The molecule has 0 saturated carbocycles. The summed E-state index contributed by atoms with van der Waals surface area (Å²) < 4.78 is 28.3. The van der Waals surface area contributed by atoms with Gasteiger partial charge in [-0.25, -0.2) is 8.78 Å². The van der Waals surface area contributed by atoms with Crippen LogP contribution in [0.25, 0.3) is 0 Å². The van der Waals surface area contributed by atoms with Gasteiger partial charge in [-0.1, -0.05) is 15.9 Å². The van der Waals surface area contributed by atoms with Crippen molar-refractivity contribution < 1.29 is 8.78 Å². The van der Waals surface area contributed by atoms with Gasteiger partial charge >= 0.3 is 0 Å². The molecule has 0 aliphatic heterocycles. The molecule has 0 aliphatic carbocycles. The Morgan fingerprint density at radius 1 is 1.10 bits per heavy atom. The van der Waals surface area contributed by atoms with Crippen molar-refractivity contribution in [3.05, 3.63) is 57.1 Å². The van der Waals surface area contributed by atoms with Gasteiger partial charge in [0.1, 0.15) is 6.07 Å². The van der Waals surface area contributed by atoms with Crippen molar-refractivity contribution in [3.8, 4) is 6.07 Å². The second kappa shape index (κ2) is 5.59. The highest BCUT2D eigenvalue weighted by atomic mass is 79.9. The van der Waals surface area contributed by atoms with E-state index in [1.165, 1.54) is 12.1 Å². The molecule has 5 heteroatoms. The number of benzene rings is 2. The van der Waals surface area contributed by atoms with Crippen LogP contribution in [-0.2, 0) is 0 Å². The average molecular weight is 337 g/mol. The highest BCUT2D eigenvalue weighted by molar-refractivity contribution is 9.10. The number of nitriles is 1. The molecule has 0 unspecified atom stereocenters. The molecule has 0 saturated heterocycles. The molecule has 0 bridgehead atoms. The highest BCUT2D eigenvalue weighted by Gasteiger charge is 2.13. The van der Waals surface area contributed by atoms with E-state index in [9.17, 15) is 8.78 Å². The molecule has 102 valence electrons. The van der Waals surface area contributed by atoms with Crippen LogP contribution >= 0.6 is 15.9 Å². The molecule has 0 heterocycles. The van der Waals surface area contributed by atoms with Crippen molar-refractivity contribution in [3.63, 3.8) is 0 Å². The minimum Gasteiger partial charge on any atom is -0.353 e. The Bertz CT molecular complexity index is 698. The summed E-state index contributed by atoms with van der Waals surface area (Å²) in [6.07, 6.45) is 0. The molecule has 2 nitrogen and oxygen atoms in total. The van der Waals surface area contributed by atoms with Crippen LogP contribution in [-0.4, -0.2) is 0 Å². The standard InChI is InChI=1S/C15H11BrF2N2/c1-8-5-11(6-9(2)13(8)16)20-12-4-3-10(7-19)14(17)15(12)18/h3-6,20H,1-2H3. The van der Waals surface area contributed by atoms with Crippen LogP contribution in [0.5, 0.6) is 0 Å². The number of rotatable bonds is 2. The third-order valence-electron chi connectivity index (χ3n) is 2.92. The van der Waals surface area contributed by atoms with Crippen LogP contribution in [0.4, 0.5) is 20.2 Å². The maximum absolute atomic E-state index is 13.8. The largest absolute Gasteiger partial charge is 0.353 e. The molecule has 1 N–H and O–H groups in total. The number of nitrogens with one attached hydrogen (secondary N) is 1. The van der Waals surface area contributed by atoms with E-state index in [1.54, 1.807) is 6.07 Å². The molecule has 20 heavy (non-hydrogen) atoms. The van der Waals surface area contributed by atoms with Gasteiger partial charge in [0.15, 0.2) is 11.6 Å². The lowest BCUT2D eigenvalue weighted by Crippen LogP contribution is -1.99. The number of hydrogen-bond donors (Lipinski definition) is 1. The monoisotopic (exact) mass is 336 g/mol. The molecule has 2 rings (SSSR count). The van der Waals surface area contributed by atoms with Crippen LogP contribution < -0.4 is 5.32 Å². The Labute approximate surface area is 124 Å². The summed E-state index contributed by atoms with van der Waals surface area (Å²) in [4.78, 5) is 0. The van der Waals surface area contributed by atoms with Crippen molar-refractivity contribution in [2.24, 2.45) is 0 Å². The lowest BCUT2D eigenvalue weighted by atomic mass is 10.1. The first-order valence-electron chi connectivity index (χ1n) is 5.86. The lowest BCUT2D eigenvalue weighted by Gasteiger charge is -2.12. The maximum Gasteiger partial charge on any atom is 0.183 e. The van der Waals surface area contributed by atoms with Crippen molar-refractivity contribution >= 4 is 27.3 Å². The Hall–Kier alpha value is -1.93. The molecule has 0 aliphatic rings. The van der Waals surface area contributed by atoms with Gasteiger partial charge in [0.25, 0.3) is 0 Å². The Kier molecular flexibility index (Phi) is 4.05. The third-order valence-corrected chi connectivity index (χ3v) is 4.17. The van der Waals surface area contributed by atoms with E-state index in [0.717, 1.165) is 15.6 Å². The quantitative estimate of drug-likeness (QED) is 0.841. The summed E-state index contributed by atoms with van der Waals surface area (Å²) in [6.45, 7) is 3.83. The normalized spacial score (nSPS) is 10.2. The van der Waals surface area contributed by atoms with Gasteiger partial charge in [0, 0.05) is 10.2 Å². The number of hydrogen-bond acceptors (Lipinski definition) is 2. The van der Waals surface area contributed by atoms with E-state index in [-0.39, 0.29) is 11.3 Å². The second-order valence-corrected chi connectivity index (χ2v) is 5.24. The summed E-state index contributed by atoms with van der Waals surface area (Å²) >= 11 is 3.45. The lowest BCUT2D eigenvalue weighted by molar-refractivity contribution is 0.509. The van der Waals surface area contributed by atoms with Gasteiger partial charge in [0.05, 0.1) is 11.3 Å². The smallest absolute Gasteiger partial charge is 0.183 e. The Morgan fingerprint density at radius 3 is 2.25 bits per heavy atom. The summed E-state index contributed by atoms with van der Waals surface area (Å²) in [6, 6.07) is 7.86. The number of nitrogens with zero attached hydrogens (tertiary/aromatic N) is 1. The predicted octanol–water partition coefficient (Wildman–Crippen LogP) is 4.96. The highest BCUT2D eigenvalue weighted by Crippen LogP contribution is 2.29. The minimum absolute atomic E-state index is 0.00243. The number of anilines is 2. The van der Waals surface area contributed by atoms with E-state index < -0.39 is 11.6 Å². The topological polar surface area (TPSA) is 35.8 Å². The molecule has 2 aromatic rings. The molecule has 0 spiro atoms. The molecular weight excluding hydrogens is 326 g/mol. The fourth-order valence-corrected chi connectivity index (χ4v) is 2.13. The molecule has 0 atom stereocenters. The zero-order valence-electron chi connectivity index (χ0n) is 10.9. The van der Waals surface area contributed by atoms with Crippen molar-refractivity contribution in [1.29, 1.82) is 5.26 Å². The average Bonchev–Trinajstić information content (AvgIpc) is 2.41. The summed E-state index contributed by atoms with van der Waals surface area (Å²) in [5.74, 6) is -2.19. The second-order valence-electron chi connectivity index (χ2n) is 4.45. The molecule has 0 fully saturated rings. The Balaban J connectivity index is 2.41. The zero-order chi connectivity index (χ0) is 14.9. The van der Waals surface area contributed by atoms with Crippen molar-refractivity contribution in [2.45, 2.75) is 13.8 Å². The molecular formula is C15H11BrF2N2. The van der Waals surface area contributed by atoms with Gasteiger partial charge in [0.2, 0.25) is 0 Å². The molecule has 0 radical (unpaired) electrons. The zero-order valence-corrected chi connectivity index (χ0v) is 12.5. The maximum atomic E-state index is 13.8. The van der Waals surface area contributed by atoms with E-state index >= 15 is 0 Å². The SMILES string of the molecule is Cc1cc(Nc2ccc(C#N)c(F)c2F)cc(C)c1Br. The van der Waals surface area contributed by atoms with Crippen LogP contribution in [0.3, 0.4) is 0 Å². The van der Waals surface area contributed by atoms with E-state index in [0.29, 0.717) is 5.69 Å². The first-order valence-corrected chi connectivity index (χ1v) is 6.65. The summed E-state index contributed by atoms with van der Waals surface area (Å²) in [7, 11) is 0. The first kappa shape index (κ1) is 14.5. The molecule has 0 aromatic heterocycles. The van der Waals surface area contributed by atoms with Crippen LogP contribution in [0.1, 0.15) is 16.7 Å². The number of aryl methyl sites for hydroxylation is 2. The first-order chi connectivity index (χ1) is 9.43. The van der Waals surface area contributed by atoms with Gasteiger partial charge in [-0.05, 0) is 49.2 Å². The van der Waals surface area contributed by atoms with E-state index in [2.05, 4.69) is 21.2 Å². The van der Waals surface area contributed by atoms with E-state index in [4.69, 9.17) is 5.26 Å². The van der Waals surface area contributed by atoms with Gasteiger partial charge in [-0.3, -0.25) is 0 Å². The summed E-state index contributed by atoms with van der Waals surface area (Å²) in [5, 5.41) is 11.5.